The molecule has 3 aromatic rings. The maximum absolute atomic E-state index is 13.1. The number of rotatable bonds is 6. The van der Waals surface area contributed by atoms with Gasteiger partial charge in [0.25, 0.3) is 11.8 Å². The van der Waals surface area contributed by atoms with Crippen molar-refractivity contribution in [3.8, 4) is 0 Å². The highest BCUT2D eigenvalue weighted by Crippen LogP contribution is 2.28. The number of ether oxygens (including phenoxy) is 1. The molecule has 0 saturated carbocycles. The van der Waals surface area contributed by atoms with Crippen LogP contribution in [0.1, 0.15) is 49.1 Å². The van der Waals surface area contributed by atoms with Crippen molar-refractivity contribution in [2.24, 2.45) is 0 Å². The molecule has 0 unspecified atom stereocenters. The molecular weight excluding hydrogens is 394 g/mol. The predicted octanol–water partition coefficient (Wildman–Crippen LogP) is 3.67. The third kappa shape index (κ3) is 4.30. The Hall–Kier alpha value is -4.00. The molecule has 7 heteroatoms. The molecule has 0 bridgehead atoms. The summed E-state index contributed by atoms with van der Waals surface area (Å²) in [6.45, 7) is 2.85. The van der Waals surface area contributed by atoms with E-state index in [1.807, 2.05) is 18.2 Å². The van der Waals surface area contributed by atoms with Crippen LogP contribution in [0.3, 0.4) is 0 Å². The van der Waals surface area contributed by atoms with Crippen LogP contribution in [0.5, 0.6) is 0 Å². The lowest BCUT2D eigenvalue weighted by Crippen LogP contribution is -2.25. The third-order valence-corrected chi connectivity index (χ3v) is 4.99. The Labute approximate surface area is 179 Å². The topological polar surface area (TPSA) is 88.6 Å². The zero-order chi connectivity index (χ0) is 21.8. The van der Waals surface area contributed by atoms with Crippen molar-refractivity contribution in [1.82, 2.24) is 9.88 Å². The number of amides is 2. The number of carbonyl (C=O) groups excluding carboxylic acids is 3. The van der Waals surface area contributed by atoms with Crippen LogP contribution in [0.4, 0.5) is 5.69 Å². The maximum atomic E-state index is 13.1. The molecule has 2 amide bonds. The Morgan fingerprint density at radius 3 is 2.74 bits per heavy atom. The van der Waals surface area contributed by atoms with Crippen LogP contribution < -0.4 is 5.32 Å². The van der Waals surface area contributed by atoms with Crippen molar-refractivity contribution in [2.45, 2.75) is 20.0 Å². The molecular formula is C24H21N3O4. The van der Waals surface area contributed by atoms with E-state index in [1.54, 1.807) is 60.6 Å². The normalized spacial score (nSPS) is 12.4. The summed E-state index contributed by atoms with van der Waals surface area (Å²) in [4.78, 5) is 43.8. The fraction of sp³-hybridized carbons (Fsp3) is 0.167. The van der Waals surface area contributed by atoms with Gasteiger partial charge in [-0.1, -0.05) is 24.3 Å². The molecule has 2 heterocycles. The zero-order valence-electron chi connectivity index (χ0n) is 17.0. The highest BCUT2D eigenvalue weighted by atomic mass is 16.5. The van der Waals surface area contributed by atoms with Gasteiger partial charge >= 0.3 is 5.97 Å². The van der Waals surface area contributed by atoms with Crippen LogP contribution in [0.25, 0.3) is 0 Å². The molecule has 31 heavy (non-hydrogen) atoms. The van der Waals surface area contributed by atoms with Gasteiger partial charge < -0.3 is 15.0 Å². The number of hydrogen-bond donors (Lipinski definition) is 1. The van der Waals surface area contributed by atoms with Gasteiger partial charge in [-0.2, -0.15) is 0 Å². The first-order chi connectivity index (χ1) is 15.1. The number of esters is 1. The van der Waals surface area contributed by atoms with Gasteiger partial charge in [-0.05, 0) is 48.4 Å². The second-order valence-corrected chi connectivity index (χ2v) is 7.12. The van der Waals surface area contributed by atoms with Gasteiger partial charge in [-0.25, -0.2) is 4.79 Å². The van der Waals surface area contributed by atoms with E-state index < -0.39 is 11.9 Å². The highest BCUT2D eigenvalue weighted by Gasteiger charge is 2.31. The van der Waals surface area contributed by atoms with E-state index >= 15 is 0 Å². The Morgan fingerprint density at radius 1 is 1.13 bits per heavy atom. The Balaban J connectivity index is 1.54. The summed E-state index contributed by atoms with van der Waals surface area (Å²) in [5.41, 5.74) is 3.23. The molecule has 0 spiro atoms. The molecule has 1 aromatic heterocycles. The minimum atomic E-state index is -0.458. The van der Waals surface area contributed by atoms with Crippen LogP contribution in [0.15, 0.2) is 67.0 Å². The van der Waals surface area contributed by atoms with Crippen molar-refractivity contribution in [3.63, 3.8) is 0 Å². The average Bonchev–Trinajstić information content (AvgIpc) is 3.10. The summed E-state index contributed by atoms with van der Waals surface area (Å²) in [5.74, 6) is -1.06. The predicted molar refractivity (Wildman–Crippen MR) is 115 cm³/mol. The smallest absolute Gasteiger partial charge is 0.338 e. The number of nitrogens with zero attached hydrogens (tertiary/aromatic N) is 2. The Kier molecular flexibility index (Phi) is 5.75. The molecule has 0 radical (unpaired) electrons. The number of aromatic nitrogens is 1. The minimum absolute atomic E-state index is 0.190. The van der Waals surface area contributed by atoms with E-state index in [1.165, 1.54) is 0 Å². The largest absolute Gasteiger partial charge is 0.462 e. The van der Waals surface area contributed by atoms with E-state index in [-0.39, 0.29) is 12.5 Å². The first kappa shape index (κ1) is 20.3. The van der Waals surface area contributed by atoms with Gasteiger partial charge in [-0.15, -0.1) is 0 Å². The lowest BCUT2D eigenvalue weighted by atomic mass is 10.0. The summed E-state index contributed by atoms with van der Waals surface area (Å²) in [5, 5.41) is 2.78. The monoisotopic (exact) mass is 415 g/mol. The van der Waals surface area contributed by atoms with E-state index in [0.717, 1.165) is 11.1 Å². The molecule has 0 saturated heterocycles. The molecule has 1 N–H and O–H groups in total. The quantitative estimate of drug-likeness (QED) is 0.621. The standard InChI is InChI=1S/C24H21N3O4/c1-2-31-24(30)17-7-3-9-19(12-17)26-22(28)20-10-4-8-18-15-27(23(29)21(18)20)14-16-6-5-11-25-13-16/h3-13H,2,14-15H2,1H3,(H,26,28). The molecule has 0 fully saturated rings. The number of pyridine rings is 1. The average molecular weight is 415 g/mol. The number of anilines is 1. The van der Waals surface area contributed by atoms with Crippen LogP contribution in [-0.4, -0.2) is 34.3 Å². The van der Waals surface area contributed by atoms with Gasteiger partial charge in [0.15, 0.2) is 0 Å². The number of hydrogen-bond acceptors (Lipinski definition) is 5. The lowest BCUT2D eigenvalue weighted by Gasteiger charge is -2.15. The van der Waals surface area contributed by atoms with E-state index in [2.05, 4.69) is 10.3 Å². The fourth-order valence-electron chi connectivity index (χ4n) is 3.59. The van der Waals surface area contributed by atoms with Crippen LogP contribution in [0.2, 0.25) is 0 Å². The number of carbonyl (C=O) groups is 3. The first-order valence-electron chi connectivity index (χ1n) is 9.95. The van der Waals surface area contributed by atoms with Crippen molar-refractivity contribution in [1.29, 1.82) is 0 Å². The first-order valence-corrected chi connectivity index (χ1v) is 9.95. The fourth-order valence-corrected chi connectivity index (χ4v) is 3.59. The summed E-state index contributed by atoms with van der Waals surface area (Å²) in [6, 6.07) is 15.5. The van der Waals surface area contributed by atoms with E-state index in [0.29, 0.717) is 35.5 Å². The minimum Gasteiger partial charge on any atom is -0.462 e. The van der Waals surface area contributed by atoms with E-state index in [4.69, 9.17) is 4.74 Å². The molecule has 4 rings (SSSR count). The van der Waals surface area contributed by atoms with Crippen molar-refractivity contribution >= 4 is 23.5 Å². The van der Waals surface area contributed by atoms with Crippen LogP contribution in [-0.2, 0) is 17.8 Å². The van der Waals surface area contributed by atoms with Gasteiger partial charge in [0.05, 0.1) is 23.3 Å². The molecule has 1 aliphatic heterocycles. The molecule has 7 nitrogen and oxygen atoms in total. The van der Waals surface area contributed by atoms with E-state index in [9.17, 15) is 14.4 Å². The van der Waals surface area contributed by atoms with Gasteiger partial charge in [0.2, 0.25) is 0 Å². The van der Waals surface area contributed by atoms with Gasteiger partial charge in [0, 0.05) is 31.2 Å². The SMILES string of the molecule is CCOC(=O)c1cccc(NC(=O)c2cccc3c2C(=O)N(Cc2cccnc2)C3)c1. The van der Waals surface area contributed by atoms with Crippen molar-refractivity contribution < 1.29 is 19.1 Å². The third-order valence-electron chi connectivity index (χ3n) is 4.99. The van der Waals surface area contributed by atoms with Gasteiger partial charge in [0.1, 0.15) is 0 Å². The number of fused-ring (bicyclic) bond motifs is 1. The lowest BCUT2D eigenvalue weighted by molar-refractivity contribution is 0.0526. The summed E-state index contributed by atoms with van der Waals surface area (Å²) in [6.07, 6.45) is 3.41. The van der Waals surface area contributed by atoms with Crippen LogP contribution >= 0.6 is 0 Å². The molecule has 0 atom stereocenters. The molecule has 1 aliphatic rings. The Bertz CT molecular complexity index is 1140. The van der Waals surface area contributed by atoms with Crippen molar-refractivity contribution in [3.05, 3.63) is 94.8 Å². The zero-order valence-corrected chi connectivity index (χ0v) is 17.0. The summed E-state index contributed by atoms with van der Waals surface area (Å²) in [7, 11) is 0. The summed E-state index contributed by atoms with van der Waals surface area (Å²) >= 11 is 0. The molecule has 156 valence electrons. The van der Waals surface area contributed by atoms with Crippen molar-refractivity contribution in [2.75, 3.05) is 11.9 Å². The Morgan fingerprint density at radius 2 is 1.97 bits per heavy atom. The number of benzene rings is 2. The molecule has 2 aromatic carbocycles. The second-order valence-electron chi connectivity index (χ2n) is 7.12. The maximum Gasteiger partial charge on any atom is 0.338 e. The van der Waals surface area contributed by atoms with Gasteiger partial charge in [-0.3, -0.25) is 14.6 Å². The second kappa shape index (κ2) is 8.79. The molecule has 0 aliphatic carbocycles. The van der Waals surface area contributed by atoms with Crippen LogP contribution in [0, 0.1) is 0 Å². The number of nitrogens with one attached hydrogen (secondary N) is 1. The summed E-state index contributed by atoms with van der Waals surface area (Å²) < 4.78 is 5.00. The highest BCUT2D eigenvalue weighted by molar-refractivity contribution is 6.14.